The Labute approximate surface area is 115 Å². The summed E-state index contributed by atoms with van der Waals surface area (Å²) in [6.45, 7) is 3.81. The second kappa shape index (κ2) is 5.84. The van der Waals surface area contributed by atoms with Crippen LogP contribution in [0.4, 0.5) is 0 Å². The van der Waals surface area contributed by atoms with Crippen LogP contribution in [0.25, 0.3) is 0 Å². The van der Waals surface area contributed by atoms with Gasteiger partial charge in [-0.15, -0.1) is 0 Å². The number of thioether (sulfide) groups is 1. The van der Waals surface area contributed by atoms with Crippen LogP contribution < -0.4 is 0 Å². The van der Waals surface area contributed by atoms with Gasteiger partial charge >= 0.3 is 5.97 Å². The van der Waals surface area contributed by atoms with E-state index in [1.54, 1.807) is 6.92 Å². The van der Waals surface area contributed by atoms with Gasteiger partial charge in [-0.1, -0.05) is 41.6 Å². The van der Waals surface area contributed by atoms with Crippen molar-refractivity contribution >= 4 is 17.7 Å². The Morgan fingerprint density at radius 2 is 2.05 bits per heavy atom. The highest BCUT2D eigenvalue weighted by Gasteiger charge is 2.09. The van der Waals surface area contributed by atoms with Crippen LogP contribution in [-0.2, 0) is 5.75 Å². The lowest BCUT2D eigenvalue weighted by Crippen LogP contribution is -2.03. The lowest BCUT2D eigenvalue weighted by Gasteiger charge is -2.04. The Kier molecular flexibility index (Phi) is 4.16. The average molecular weight is 274 g/mol. The number of aromatic carboxylic acids is 1. The summed E-state index contributed by atoms with van der Waals surface area (Å²) in [6, 6.07) is 9.65. The zero-order valence-electron chi connectivity index (χ0n) is 10.8. The summed E-state index contributed by atoms with van der Waals surface area (Å²) < 4.78 is 0. The van der Waals surface area contributed by atoms with Crippen molar-refractivity contribution < 1.29 is 9.90 Å². The van der Waals surface area contributed by atoms with E-state index in [0.717, 1.165) is 5.75 Å². The molecule has 0 aliphatic carbocycles. The lowest BCUT2D eigenvalue weighted by atomic mass is 10.2. The van der Waals surface area contributed by atoms with E-state index in [0.29, 0.717) is 10.9 Å². The molecular weight excluding hydrogens is 260 g/mol. The van der Waals surface area contributed by atoms with Gasteiger partial charge in [0.25, 0.3) is 0 Å². The van der Waals surface area contributed by atoms with Gasteiger partial charge < -0.3 is 5.11 Å². The molecule has 0 aliphatic rings. The number of nitrogens with zero attached hydrogens (tertiary/aromatic N) is 2. The molecule has 2 aromatic rings. The predicted molar refractivity (Wildman–Crippen MR) is 74.5 cm³/mol. The number of aryl methyl sites for hydroxylation is 2. The number of hydrogen-bond acceptors (Lipinski definition) is 4. The molecule has 0 unspecified atom stereocenters. The first-order chi connectivity index (χ1) is 9.04. The van der Waals surface area contributed by atoms with Crippen LogP contribution in [0.2, 0.25) is 0 Å². The monoisotopic (exact) mass is 274 g/mol. The zero-order valence-corrected chi connectivity index (χ0v) is 11.6. The predicted octanol–water partition coefficient (Wildman–Crippen LogP) is 3.08. The van der Waals surface area contributed by atoms with E-state index in [1.807, 2.05) is 25.1 Å². The van der Waals surface area contributed by atoms with E-state index >= 15 is 0 Å². The fraction of sp³-hybridized carbons (Fsp3) is 0.214. The molecule has 0 radical (unpaired) electrons. The minimum absolute atomic E-state index is 0.0410. The van der Waals surface area contributed by atoms with Crippen molar-refractivity contribution in [1.82, 2.24) is 9.97 Å². The summed E-state index contributed by atoms with van der Waals surface area (Å²) in [5.74, 6) is -0.299. The van der Waals surface area contributed by atoms with E-state index in [4.69, 9.17) is 5.11 Å². The second-order valence-electron chi connectivity index (χ2n) is 4.26. The van der Waals surface area contributed by atoms with E-state index in [2.05, 4.69) is 16.0 Å². The fourth-order valence-corrected chi connectivity index (χ4v) is 2.51. The molecule has 0 atom stereocenters. The molecule has 1 aromatic carbocycles. The van der Waals surface area contributed by atoms with Crippen LogP contribution in [-0.4, -0.2) is 21.0 Å². The van der Waals surface area contributed by atoms with Gasteiger partial charge in [0.05, 0.1) is 0 Å². The molecule has 1 heterocycles. The van der Waals surface area contributed by atoms with Crippen LogP contribution in [0.15, 0.2) is 35.5 Å². The highest BCUT2D eigenvalue weighted by atomic mass is 32.2. The Balaban J connectivity index is 2.13. The third-order valence-corrected chi connectivity index (χ3v) is 3.42. The van der Waals surface area contributed by atoms with Crippen molar-refractivity contribution in [1.29, 1.82) is 0 Å². The van der Waals surface area contributed by atoms with Gasteiger partial charge in [-0.2, -0.15) is 0 Å². The molecule has 2 rings (SSSR count). The molecule has 0 fully saturated rings. The number of carbonyl (C=O) groups is 1. The van der Waals surface area contributed by atoms with Crippen molar-refractivity contribution in [3.05, 3.63) is 52.8 Å². The maximum absolute atomic E-state index is 10.9. The summed E-state index contributed by atoms with van der Waals surface area (Å²) in [6.07, 6.45) is 0. The summed E-state index contributed by atoms with van der Waals surface area (Å²) in [4.78, 5) is 19.2. The topological polar surface area (TPSA) is 63.1 Å². The molecule has 19 heavy (non-hydrogen) atoms. The average Bonchev–Trinajstić information content (AvgIpc) is 2.36. The van der Waals surface area contributed by atoms with E-state index in [1.165, 1.54) is 29.0 Å². The fourth-order valence-electron chi connectivity index (χ4n) is 1.67. The van der Waals surface area contributed by atoms with Crippen LogP contribution in [0.5, 0.6) is 0 Å². The van der Waals surface area contributed by atoms with Crippen LogP contribution in [0.1, 0.15) is 27.3 Å². The highest BCUT2D eigenvalue weighted by Crippen LogP contribution is 2.20. The summed E-state index contributed by atoms with van der Waals surface area (Å²) in [5, 5.41) is 9.45. The largest absolute Gasteiger partial charge is 0.477 e. The van der Waals surface area contributed by atoms with Gasteiger partial charge in [0.15, 0.2) is 10.9 Å². The molecule has 0 saturated heterocycles. The van der Waals surface area contributed by atoms with Crippen molar-refractivity contribution in [3.8, 4) is 0 Å². The number of hydrogen-bond donors (Lipinski definition) is 1. The van der Waals surface area contributed by atoms with E-state index in [9.17, 15) is 4.79 Å². The van der Waals surface area contributed by atoms with Gasteiger partial charge in [0.2, 0.25) is 0 Å². The molecular formula is C14H14N2O2S. The quantitative estimate of drug-likeness (QED) is 0.685. The SMILES string of the molecule is Cc1cccc(CSc2nc(C)cc(C(=O)O)n2)c1. The first kappa shape index (κ1) is 13.5. The zero-order chi connectivity index (χ0) is 13.8. The molecule has 5 heteroatoms. The second-order valence-corrected chi connectivity index (χ2v) is 5.20. The highest BCUT2D eigenvalue weighted by molar-refractivity contribution is 7.98. The third-order valence-electron chi connectivity index (χ3n) is 2.50. The Morgan fingerprint density at radius 3 is 2.74 bits per heavy atom. The molecule has 0 amide bonds. The van der Waals surface area contributed by atoms with E-state index < -0.39 is 5.97 Å². The van der Waals surface area contributed by atoms with Crippen molar-refractivity contribution in [2.75, 3.05) is 0 Å². The number of benzene rings is 1. The van der Waals surface area contributed by atoms with Gasteiger partial charge in [0.1, 0.15) is 0 Å². The van der Waals surface area contributed by atoms with Gasteiger partial charge in [-0.3, -0.25) is 0 Å². The molecule has 0 aliphatic heterocycles. The number of aromatic nitrogens is 2. The first-order valence-electron chi connectivity index (χ1n) is 5.82. The third kappa shape index (κ3) is 3.79. The molecule has 98 valence electrons. The van der Waals surface area contributed by atoms with Crippen molar-refractivity contribution in [2.24, 2.45) is 0 Å². The smallest absolute Gasteiger partial charge is 0.354 e. The van der Waals surface area contributed by atoms with Gasteiger partial charge in [-0.25, -0.2) is 14.8 Å². The molecule has 0 saturated carbocycles. The minimum atomic E-state index is -1.03. The normalized spacial score (nSPS) is 10.4. The Hall–Kier alpha value is -1.88. The molecule has 0 spiro atoms. The van der Waals surface area contributed by atoms with Gasteiger partial charge in [-0.05, 0) is 25.5 Å². The molecule has 1 N–H and O–H groups in total. The van der Waals surface area contributed by atoms with Crippen LogP contribution in [0, 0.1) is 13.8 Å². The number of carboxylic acids is 1. The van der Waals surface area contributed by atoms with Crippen LogP contribution in [0.3, 0.4) is 0 Å². The minimum Gasteiger partial charge on any atom is -0.477 e. The molecule has 4 nitrogen and oxygen atoms in total. The summed E-state index contributed by atoms with van der Waals surface area (Å²) >= 11 is 1.44. The summed E-state index contributed by atoms with van der Waals surface area (Å²) in [7, 11) is 0. The van der Waals surface area contributed by atoms with Gasteiger partial charge in [0, 0.05) is 11.4 Å². The maximum atomic E-state index is 10.9. The van der Waals surface area contributed by atoms with E-state index in [-0.39, 0.29) is 5.69 Å². The Bertz CT molecular complexity index is 614. The number of rotatable bonds is 4. The maximum Gasteiger partial charge on any atom is 0.354 e. The molecule has 0 bridgehead atoms. The van der Waals surface area contributed by atoms with Crippen molar-refractivity contribution in [3.63, 3.8) is 0 Å². The summed E-state index contributed by atoms with van der Waals surface area (Å²) in [5.41, 5.74) is 3.08. The standard InChI is InChI=1S/C14H14N2O2S/c1-9-4-3-5-11(6-9)8-19-14-15-10(2)7-12(16-14)13(17)18/h3-7H,8H2,1-2H3,(H,17,18). The number of carboxylic acid groups (broad SMARTS) is 1. The molecule has 1 aromatic heterocycles. The van der Waals surface area contributed by atoms with Crippen LogP contribution >= 0.6 is 11.8 Å². The van der Waals surface area contributed by atoms with Crippen molar-refractivity contribution in [2.45, 2.75) is 24.8 Å². The first-order valence-corrected chi connectivity index (χ1v) is 6.80. The lowest BCUT2D eigenvalue weighted by molar-refractivity contribution is 0.0689. The Morgan fingerprint density at radius 1 is 1.26 bits per heavy atom.